The van der Waals surface area contributed by atoms with Crippen molar-refractivity contribution in [1.29, 1.82) is 0 Å². The molecule has 0 saturated heterocycles. The number of para-hydroxylation sites is 2. The van der Waals surface area contributed by atoms with Crippen LogP contribution < -0.4 is 14.5 Å². The molecule has 0 unspecified atom stereocenters. The van der Waals surface area contributed by atoms with Gasteiger partial charge in [0.15, 0.2) is 0 Å². The molecular weight excluding hydrogens is 554 g/mol. The van der Waals surface area contributed by atoms with E-state index in [2.05, 4.69) is 150 Å². The molecule has 0 saturated carbocycles. The van der Waals surface area contributed by atoms with Crippen molar-refractivity contribution in [1.82, 2.24) is 14.4 Å². The van der Waals surface area contributed by atoms with Crippen LogP contribution in [0.25, 0.3) is 5.65 Å². The monoisotopic (exact) mass is 601 g/mol. The zero-order chi connectivity index (χ0) is 32.3. The van der Waals surface area contributed by atoms with Crippen LogP contribution in [0, 0.1) is 0 Å². The first-order valence-corrected chi connectivity index (χ1v) is 16.1. The second-order valence-corrected chi connectivity index (χ2v) is 14.6. The molecule has 45 heavy (non-hydrogen) atoms. The third-order valence-electron chi connectivity index (χ3n) is 9.06. The molecule has 6 nitrogen and oxygen atoms in total. The highest BCUT2D eigenvalue weighted by atomic mass is 16.5. The van der Waals surface area contributed by atoms with Gasteiger partial charge in [-0.15, -0.1) is 0 Å². The van der Waals surface area contributed by atoms with Crippen LogP contribution in [0.2, 0.25) is 0 Å². The van der Waals surface area contributed by atoms with Crippen LogP contribution in [0.3, 0.4) is 0 Å². The first kappa shape index (κ1) is 30.7. The Morgan fingerprint density at radius 3 is 2.20 bits per heavy atom. The average Bonchev–Trinajstić information content (AvgIpc) is 3.55. The molecule has 234 valence electrons. The molecule has 5 aromatic rings. The summed E-state index contributed by atoms with van der Waals surface area (Å²) < 4.78 is 9.07. The van der Waals surface area contributed by atoms with Crippen LogP contribution in [0.4, 0.5) is 17.1 Å². The summed E-state index contributed by atoms with van der Waals surface area (Å²) in [6.07, 6.45) is 1.95. The number of imidazole rings is 1. The molecule has 3 aromatic heterocycles. The molecule has 0 amide bonds. The minimum atomic E-state index is -0.427. The topological polar surface area (TPSA) is 45.9 Å². The average molecular weight is 602 g/mol. The first-order chi connectivity index (χ1) is 21.3. The molecular formula is C39H47N5O. The van der Waals surface area contributed by atoms with Gasteiger partial charge in [0, 0.05) is 53.9 Å². The summed E-state index contributed by atoms with van der Waals surface area (Å²) in [7, 11) is 2.13. The second-order valence-electron chi connectivity index (χ2n) is 14.6. The van der Waals surface area contributed by atoms with Crippen molar-refractivity contribution in [3.63, 3.8) is 0 Å². The second kappa shape index (κ2) is 11.2. The summed E-state index contributed by atoms with van der Waals surface area (Å²) >= 11 is 0. The van der Waals surface area contributed by atoms with Crippen LogP contribution in [-0.4, -0.2) is 28.1 Å². The van der Waals surface area contributed by atoms with E-state index >= 15 is 0 Å². The standard InChI is InChI=1S/C39H47N5O/c1-25(2)36-37(26(3)4)44-34(39(8,9)33-20-27(18-19-40-33)38(5,6)7)22-30(23-35(44)41-36)45-29-15-13-14-28(21-29)43-24-42(10)31-16-11-12-17-32(31)43/h11-23,25-26H,24H2,1-10H3. The Hall–Kier alpha value is -4.32. The van der Waals surface area contributed by atoms with E-state index in [9.17, 15) is 0 Å². The van der Waals surface area contributed by atoms with Gasteiger partial charge in [0.25, 0.3) is 0 Å². The predicted octanol–water partition coefficient (Wildman–Crippen LogP) is 9.94. The summed E-state index contributed by atoms with van der Waals surface area (Å²) in [6.45, 7) is 21.0. The molecule has 6 heteroatoms. The van der Waals surface area contributed by atoms with Crippen LogP contribution in [0.15, 0.2) is 79.0 Å². The Bertz CT molecular complexity index is 1860. The number of pyridine rings is 2. The number of aromatic nitrogens is 3. The zero-order valence-corrected chi connectivity index (χ0v) is 28.5. The minimum Gasteiger partial charge on any atom is -0.457 e. The van der Waals surface area contributed by atoms with E-state index in [-0.39, 0.29) is 5.41 Å². The van der Waals surface area contributed by atoms with E-state index in [1.807, 2.05) is 12.3 Å². The lowest BCUT2D eigenvalue weighted by atomic mass is 9.80. The third-order valence-corrected chi connectivity index (χ3v) is 9.06. The Labute approximate surface area is 268 Å². The molecule has 6 rings (SSSR count). The SMILES string of the molecule is CC(C)c1nc2cc(Oc3cccc(N4CN(C)c5ccccc54)c3)cc(C(C)(C)c3cc(C(C)(C)C)ccn3)n2c1C(C)C. The molecule has 1 aliphatic rings. The number of benzene rings is 2. The normalized spacial score (nSPS) is 13.8. The molecule has 0 radical (unpaired) electrons. The van der Waals surface area contributed by atoms with Crippen molar-refractivity contribution in [2.24, 2.45) is 0 Å². The lowest BCUT2D eigenvalue weighted by Gasteiger charge is -2.29. The van der Waals surface area contributed by atoms with Crippen molar-refractivity contribution >= 4 is 22.7 Å². The molecule has 0 aliphatic carbocycles. The maximum absolute atomic E-state index is 6.71. The summed E-state index contributed by atoms with van der Waals surface area (Å²) in [4.78, 5) is 14.8. The molecule has 1 aliphatic heterocycles. The minimum absolute atomic E-state index is 0.0205. The molecule has 2 aromatic carbocycles. The van der Waals surface area contributed by atoms with Crippen molar-refractivity contribution in [2.75, 3.05) is 23.5 Å². The van der Waals surface area contributed by atoms with Crippen LogP contribution >= 0.6 is 0 Å². The summed E-state index contributed by atoms with van der Waals surface area (Å²) in [5.41, 5.74) is 9.82. The fourth-order valence-electron chi connectivity index (χ4n) is 6.51. The van der Waals surface area contributed by atoms with E-state index in [0.29, 0.717) is 11.8 Å². The van der Waals surface area contributed by atoms with Gasteiger partial charge in [0.2, 0.25) is 0 Å². The van der Waals surface area contributed by atoms with Gasteiger partial charge in [-0.2, -0.15) is 0 Å². The highest BCUT2D eigenvalue weighted by Crippen LogP contribution is 2.42. The Kier molecular flexibility index (Phi) is 7.67. The quantitative estimate of drug-likeness (QED) is 0.186. The number of hydrogen-bond donors (Lipinski definition) is 0. The Morgan fingerprint density at radius 1 is 0.778 bits per heavy atom. The molecule has 0 N–H and O–H groups in total. The van der Waals surface area contributed by atoms with E-state index in [1.165, 1.54) is 22.6 Å². The van der Waals surface area contributed by atoms with E-state index in [4.69, 9.17) is 14.7 Å². The maximum atomic E-state index is 6.71. The van der Waals surface area contributed by atoms with Gasteiger partial charge in [0.1, 0.15) is 17.1 Å². The van der Waals surface area contributed by atoms with Gasteiger partial charge in [-0.25, -0.2) is 4.98 Å². The largest absolute Gasteiger partial charge is 0.457 e. The van der Waals surface area contributed by atoms with Gasteiger partial charge in [0.05, 0.1) is 29.4 Å². The Morgan fingerprint density at radius 2 is 1.51 bits per heavy atom. The number of hydrogen-bond acceptors (Lipinski definition) is 5. The number of anilines is 3. The van der Waals surface area contributed by atoms with Crippen molar-refractivity contribution in [3.05, 3.63) is 107 Å². The molecule has 0 spiro atoms. The van der Waals surface area contributed by atoms with Crippen molar-refractivity contribution < 1.29 is 4.74 Å². The number of fused-ring (bicyclic) bond motifs is 2. The zero-order valence-electron chi connectivity index (χ0n) is 28.5. The molecule has 0 fully saturated rings. The summed E-state index contributed by atoms with van der Waals surface area (Å²) in [5, 5.41) is 0. The highest BCUT2D eigenvalue weighted by Gasteiger charge is 2.32. The summed E-state index contributed by atoms with van der Waals surface area (Å²) in [6, 6.07) is 25.6. The van der Waals surface area contributed by atoms with Gasteiger partial charge < -0.3 is 14.5 Å². The van der Waals surface area contributed by atoms with Gasteiger partial charge in [-0.1, -0.05) is 66.7 Å². The van der Waals surface area contributed by atoms with Crippen molar-refractivity contribution in [3.8, 4) is 11.5 Å². The van der Waals surface area contributed by atoms with Crippen LogP contribution in [0.5, 0.6) is 11.5 Å². The molecule has 0 bridgehead atoms. The third kappa shape index (κ3) is 5.56. The molecule has 0 atom stereocenters. The lowest BCUT2D eigenvalue weighted by Crippen LogP contribution is -2.26. The fourth-order valence-corrected chi connectivity index (χ4v) is 6.51. The van der Waals surface area contributed by atoms with Gasteiger partial charge >= 0.3 is 0 Å². The van der Waals surface area contributed by atoms with Crippen LogP contribution in [0.1, 0.15) is 102 Å². The number of rotatable bonds is 7. The van der Waals surface area contributed by atoms with E-state index < -0.39 is 5.41 Å². The van der Waals surface area contributed by atoms with E-state index in [0.717, 1.165) is 46.6 Å². The number of nitrogens with zero attached hydrogens (tertiary/aromatic N) is 5. The van der Waals surface area contributed by atoms with Gasteiger partial charge in [-0.3, -0.25) is 9.38 Å². The number of ether oxygens (including phenoxy) is 1. The maximum Gasteiger partial charge on any atom is 0.141 e. The van der Waals surface area contributed by atoms with Crippen molar-refractivity contribution in [2.45, 2.75) is 85.0 Å². The first-order valence-electron chi connectivity index (χ1n) is 16.1. The van der Waals surface area contributed by atoms with E-state index in [1.54, 1.807) is 0 Å². The van der Waals surface area contributed by atoms with Gasteiger partial charge in [-0.05, 0) is 73.1 Å². The fraction of sp³-hybridized carbons (Fsp3) is 0.385. The predicted molar refractivity (Wildman–Crippen MR) is 187 cm³/mol. The lowest BCUT2D eigenvalue weighted by molar-refractivity contribution is 0.476. The summed E-state index contributed by atoms with van der Waals surface area (Å²) in [5.74, 6) is 2.15. The Balaban J connectivity index is 1.48. The highest BCUT2D eigenvalue weighted by molar-refractivity contribution is 5.82. The van der Waals surface area contributed by atoms with Crippen LogP contribution in [-0.2, 0) is 10.8 Å². The molecule has 4 heterocycles. The smallest absolute Gasteiger partial charge is 0.141 e.